The molecular formula is C18H25NO4. The smallest absolute Gasteiger partial charge is 0.175 e. The van der Waals surface area contributed by atoms with E-state index in [0.717, 1.165) is 51.6 Å². The molecule has 4 aliphatic carbocycles. The van der Waals surface area contributed by atoms with Crippen LogP contribution in [-0.2, 0) is 19.1 Å². The highest BCUT2D eigenvalue weighted by atomic mass is 16.7. The van der Waals surface area contributed by atoms with Crippen LogP contribution < -0.4 is 0 Å². The Kier molecular flexibility index (Phi) is 2.50. The zero-order chi connectivity index (χ0) is 15.3. The van der Waals surface area contributed by atoms with Gasteiger partial charge in [-0.3, -0.25) is 9.63 Å². The van der Waals surface area contributed by atoms with Crippen LogP contribution in [0.5, 0.6) is 0 Å². The van der Waals surface area contributed by atoms with Crippen LogP contribution in [0.3, 0.4) is 0 Å². The zero-order valence-electron chi connectivity index (χ0n) is 13.6. The van der Waals surface area contributed by atoms with E-state index >= 15 is 0 Å². The minimum Gasteiger partial charge on any atom is -0.347 e. The number of hydroxylamine groups is 2. The summed E-state index contributed by atoms with van der Waals surface area (Å²) >= 11 is 0. The Balaban J connectivity index is 1.60. The summed E-state index contributed by atoms with van der Waals surface area (Å²) in [6, 6.07) is 0. The van der Waals surface area contributed by atoms with Gasteiger partial charge in [0.25, 0.3) is 0 Å². The van der Waals surface area contributed by atoms with Crippen molar-refractivity contribution < 1.29 is 19.1 Å². The van der Waals surface area contributed by atoms with Gasteiger partial charge < -0.3 is 9.47 Å². The molecule has 6 atom stereocenters. The van der Waals surface area contributed by atoms with Gasteiger partial charge in [0.1, 0.15) is 5.78 Å². The lowest BCUT2D eigenvalue weighted by Gasteiger charge is -2.66. The molecule has 126 valence electrons. The average molecular weight is 319 g/mol. The minimum absolute atomic E-state index is 0.0491. The van der Waals surface area contributed by atoms with Gasteiger partial charge in [0, 0.05) is 31.3 Å². The van der Waals surface area contributed by atoms with Gasteiger partial charge in [0.05, 0.1) is 24.7 Å². The predicted molar refractivity (Wildman–Crippen MR) is 80.3 cm³/mol. The first-order valence-corrected chi connectivity index (χ1v) is 9.43. The number of Topliss-reactive ketones (excluding diaryl/α,β-unsaturated/α-hetero) is 1. The monoisotopic (exact) mass is 319 g/mol. The van der Waals surface area contributed by atoms with Crippen molar-refractivity contribution in [3.8, 4) is 0 Å². The molecule has 3 aliphatic heterocycles. The van der Waals surface area contributed by atoms with Gasteiger partial charge in [-0.15, -0.1) is 0 Å². The summed E-state index contributed by atoms with van der Waals surface area (Å²) in [5.41, 5.74) is -0.484. The molecular weight excluding hydrogens is 294 g/mol. The van der Waals surface area contributed by atoms with Crippen LogP contribution in [0.4, 0.5) is 0 Å². The van der Waals surface area contributed by atoms with E-state index in [1.807, 2.05) is 0 Å². The van der Waals surface area contributed by atoms with E-state index in [9.17, 15) is 4.79 Å². The number of carbonyl (C=O) groups is 1. The van der Waals surface area contributed by atoms with Gasteiger partial charge in [0.2, 0.25) is 0 Å². The SMILES string of the molecule is O=C1C[C@@H]2CC3CC4(OCCO4)[C@@]24CCCN2CCC(O2)[C@@]14C3. The van der Waals surface area contributed by atoms with Gasteiger partial charge >= 0.3 is 0 Å². The van der Waals surface area contributed by atoms with Crippen LogP contribution in [0.2, 0.25) is 0 Å². The van der Waals surface area contributed by atoms with Crippen LogP contribution >= 0.6 is 0 Å². The number of hydrogen-bond acceptors (Lipinski definition) is 5. The average Bonchev–Trinajstić information content (AvgIpc) is 3.19. The number of nitrogens with zero attached hydrogens (tertiary/aromatic N) is 1. The molecule has 6 bridgehead atoms. The van der Waals surface area contributed by atoms with E-state index in [4.69, 9.17) is 14.3 Å². The number of fused-ring (bicyclic) bond motifs is 2. The summed E-state index contributed by atoms with van der Waals surface area (Å²) in [5.74, 6) is 0.954. The Bertz CT molecular complexity index is 573. The molecule has 0 amide bonds. The normalized spacial score (nSPS) is 55.9. The number of rotatable bonds is 0. The Labute approximate surface area is 136 Å². The zero-order valence-corrected chi connectivity index (χ0v) is 13.6. The first-order valence-electron chi connectivity index (χ1n) is 9.43. The third kappa shape index (κ3) is 1.33. The highest BCUT2D eigenvalue weighted by Crippen LogP contribution is 2.77. The van der Waals surface area contributed by atoms with E-state index in [-0.39, 0.29) is 16.9 Å². The molecule has 0 radical (unpaired) electrons. The van der Waals surface area contributed by atoms with Crippen LogP contribution in [0.15, 0.2) is 0 Å². The van der Waals surface area contributed by atoms with Gasteiger partial charge in [-0.05, 0) is 43.9 Å². The highest BCUT2D eigenvalue weighted by Gasteiger charge is 2.82. The van der Waals surface area contributed by atoms with E-state index in [1.54, 1.807) is 0 Å². The molecule has 0 aromatic rings. The molecule has 4 saturated carbocycles. The largest absolute Gasteiger partial charge is 0.347 e. The van der Waals surface area contributed by atoms with E-state index in [0.29, 0.717) is 30.8 Å². The molecule has 5 heteroatoms. The number of ketones is 1. The molecule has 7 rings (SSSR count). The second kappa shape index (κ2) is 4.18. The molecule has 7 aliphatic rings. The maximum absolute atomic E-state index is 13.4. The Morgan fingerprint density at radius 1 is 1.13 bits per heavy atom. The summed E-state index contributed by atoms with van der Waals surface area (Å²) in [4.78, 5) is 19.7. The fourth-order valence-corrected chi connectivity index (χ4v) is 7.71. The molecule has 3 heterocycles. The fourth-order valence-electron chi connectivity index (χ4n) is 7.71. The van der Waals surface area contributed by atoms with Crippen LogP contribution in [0.1, 0.15) is 44.9 Å². The quantitative estimate of drug-likeness (QED) is 0.682. The third-order valence-electron chi connectivity index (χ3n) is 8.09. The molecule has 3 unspecified atom stereocenters. The van der Waals surface area contributed by atoms with Gasteiger partial charge in [0.15, 0.2) is 5.79 Å². The predicted octanol–water partition coefficient (Wildman–Crippen LogP) is 1.90. The van der Waals surface area contributed by atoms with Crippen molar-refractivity contribution >= 4 is 5.78 Å². The summed E-state index contributed by atoms with van der Waals surface area (Å²) in [7, 11) is 0. The molecule has 3 saturated heterocycles. The lowest BCUT2D eigenvalue weighted by atomic mass is 9.41. The second-order valence-electron chi connectivity index (χ2n) is 8.64. The first kappa shape index (κ1) is 13.8. The van der Waals surface area contributed by atoms with Gasteiger partial charge in [-0.25, -0.2) is 0 Å². The number of ether oxygens (including phenoxy) is 2. The van der Waals surface area contributed by atoms with Crippen molar-refractivity contribution in [2.45, 2.75) is 56.8 Å². The molecule has 0 N–H and O–H groups in total. The maximum atomic E-state index is 13.4. The third-order valence-corrected chi connectivity index (χ3v) is 8.09. The Hall–Kier alpha value is -0.490. The summed E-state index contributed by atoms with van der Waals surface area (Å²) in [6.07, 6.45) is 7.11. The van der Waals surface area contributed by atoms with Crippen molar-refractivity contribution in [1.29, 1.82) is 0 Å². The highest BCUT2D eigenvalue weighted by molar-refractivity contribution is 5.90. The van der Waals surface area contributed by atoms with Crippen molar-refractivity contribution in [2.24, 2.45) is 22.7 Å². The van der Waals surface area contributed by atoms with E-state index in [1.165, 1.54) is 6.42 Å². The van der Waals surface area contributed by atoms with Crippen molar-refractivity contribution in [2.75, 3.05) is 26.3 Å². The minimum atomic E-state index is -0.501. The molecule has 5 nitrogen and oxygen atoms in total. The molecule has 23 heavy (non-hydrogen) atoms. The summed E-state index contributed by atoms with van der Waals surface area (Å²) in [5, 5.41) is 2.11. The van der Waals surface area contributed by atoms with Crippen molar-refractivity contribution in [3.63, 3.8) is 0 Å². The molecule has 7 fully saturated rings. The second-order valence-corrected chi connectivity index (χ2v) is 8.64. The fraction of sp³-hybridized carbons (Fsp3) is 0.944. The van der Waals surface area contributed by atoms with Crippen LogP contribution in [0.25, 0.3) is 0 Å². The number of carbonyl (C=O) groups excluding carboxylic acids is 1. The summed E-state index contributed by atoms with van der Waals surface area (Å²) < 4.78 is 12.7. The lowest BCUT2D eigenvalue weighted by molar-refractivity contribution is -0.356. The van der Waals surface area contributed by atoms with E-state index in [2.05, 4.69) is 5.06 Å². The topological polar surface area (TPSA) is 48.0 Å². The van der Waals surface area contributed by atoms with Gasteiger partial charge in [-0.1, -0.05) is 0 Å². The standard InChI is InChI=1S/C18H25NO4/c20-14-9-13-8-12-10-16(14)15-2-5-19(23-15)4-1-3-17(13,16)18(11-12)21-6-7-22-18/h12-13,15H,1-11H2/t12?,13-,15?,16+,17-/m0/s1. The molecule has 2 spiro atoms. The van der Waals surface area contributed by atoms with E-state index < -0.39 is 5.79 Å². The number of hydrogen-bond donors (Lipinski definition) is 0. The van der Waals surface area contributed by atoms with Gasteiger partial charge in [-0.2, -0.15) is 5.06 Å². The van der Waals surface area contributed by atoms with Crippen LogP contribution in [-0.4, -0.2) is 49.0 Å². The van der Waals surface area contributed by atoms with Crippen LogP contribution in [0, 0.1) is 22.7 Å². The first-order chi connectivity index (χ1) is 11.2. The van der Waals surface area contributed by atoms with Crippen molar-refractivity contribution in [3.05, 3.63) is 0 Å². The Morgan fingerprint density at radius 3 is 2.87 bits per heavy atom. The van der Waals surface area contributed by atoms with Crippen molar-refractivity contribution in [1.82, 2.24) is 5.06 Å². The molecule has 0 aromatic heterocycles. The maximum Gasteiger partial charge on any atom is 0.175 e. The molecule has 0 aromatic carbocycles. The summed E-state index contributed by atoms with van der Waals surface area (Å²) in [6.45, 7) is 3.32. The Morgan fingerprint density at radius 2 is 2.00 bits per heavy atom. The lowest BCUT2D eigenvalue weighted by Crippen LogP contribution is -2.71.